The molecule has 10 rings (SSSR count). The van der Waals surface area contributed by atoms with E-state index >= 15 is 0 Å². The van der Waals surface area contributed by atoms with E-state index in [9.17, 15) is 0 Å². The summed E-state index contributed by atoms with van der Waals surface area (Å²) in [6.45, 7) is 0. The van der Waals surface area contributed by atoms with Gasteiger partial charge in [-0.2, -0.15) is 0 Å². The molecule has 0 N–H and O–H groups in total. The van der Waals surface area contributed by atoms with E-state index in [0.29, 0.717) is 0 Å². The summed E-state index contributed by atoms with van der Waals surface area (Å²) < 4.78 is 6.87. The second-order valence-corrected chi connectivity index (χ2v) is 13.7. The van der Waals surface area contributed by atoms with E-state index in [-0.39, 0.29) is 0 Å². The van der Waals surface area contributed by atoms with Crippen molar-refractivity contribution in [2.75, 3.05) is 4.90 Å². The maximum absolute atomic E-state index is 6.87. The standard InChI is InChI=1S/C52H35NO/c1-4-12-36(13-5-1)38-20-27-43(28-21-38)53(44-29-22-39(23-30-44)37-14-6-2-7-15-37)45-31-24-42(25-32-45)46-34-35-48(40-16-8-3-9-17-40)52-50(46)49-33-26-41-18-10-11-19-47(41)51(49)54-52/h1-35H. The van der Waals surface area contributed by atoms with E-state index in [1.54, 1.807) is 0 Å². The van der Waals surface area contributed by atoms with Crippen molar-refractivity contribution in [1.29, 1.82) is 0 Å². The molecule has 0 radical (unpaired) electrons. The third-order valence-electron chi connectivity index (χ3n) is 10.5. The van der Waals surface area contributed by atoms with Crippen LogP contribution >= 0.6 is 0 Å². The second-order valence-electron chi connectivity index (χ2n) is 13.7. The Bertz CT molecular complexity index is 2790. The molecule has 9 aromatic carbocycles. The van der Waals surface area contributed by atoms with Crippen molar-refractivity contribution in [3.05, 3.63) is 212 Å². The lowest BCUT2D eigenvalue weighted by molar-refractivity contribution is 0.674. The van der Waals surface area contributed by atoms with Gasteiger partial charge in [-0.25, -0.2) is 0 Å². The Morgan fingerprint density at radius 1 is 0.278 bits per heavy atom. The van der Waals surface area contributed by atoms with Crippen molar-refractivity contribution >= 4 is 49.8 Å². The number of anilines is 3. The van der Waals surface area contributed by atoms with Crippen LogP contribution in [-0.2, 0) is 0 Å². The molecule has 0 atom stereocenters. The van der Waals surface area contributed by atoms with Gasteiger partial charge in [-0.05, 0) is 92.9 Å². The normalized spacial score (nSPS) is 11.3. The van der Waals surface area contributed by atoms with Gasteiger partial charge in [0.1, 0.15) is 11.2 Å². The maximum atomic E-state index is 6.87. The van der Waals surface area contributed by atoms with Crippen LogP contribution < -0.4 is 4.90 Å². The summed E-state index contributed by atoms with van der Waals surface area (Å²) in [7, 11) is 0. The average Bonchev–Trinajstić information content (AvgIpc) is 3.66. The molecule has 0 saturated heterocycles. The molecular formula is C52H35NO. The second kappa shape index (κ2) is 13.4. The third-order valence-corrected chi connectivity index (χ3v) is 10.5. The van der Waals surface area contributed by atoms with Crippen LogP contribution in [0, 0.1) is 0 Å². The predicted octanol–water partition coefficient (Wildman–Crippen LogP) is 14.9. The Morgan fingerprint density at radius 2 is 0.704 bits per heavy atom. The summed E-state index contributed by atoms with van der Waals surface area (Å²) in [5, 5.41) is 4.55. The zero-order chi connectivity index (χ0) is 35.8. The van der Waals surface area contributed by atoms with Gasteiger partial charge < -0.3 is 9.32 Å². The van der Waals surface area contributed by atoms with Gasteiger partial charge in [0.25, 0.3) is 0 Å². The zero-order valence-corrected chi connectivity index (χ0v) is 29.6. The fourth-order valence-electron chi connectivity index (χ4n) is 7.80. The lowest BCUT2D eigenvalue weighted by Crippen LogP contribution is -2.09. The first-order chi connectivity index (χ1) is 26.8. The molecule has 0 bridgehead atoms. The van der Waals surface area contributed by atoms with Crippen LogP contribution in [0.15, 0.2) is 217 Å². The number of hydrogen-bond acceptors (Lipinski definition) is 2. The van der Waals surface area contributed by atoms with Gasteiger partial charge in [0.2, 0.25) is 0 Å². The number of fused-ring (bicyclic) bond motifs is 5. The summed E-state index contributed by atoms with van der Waals surface area (Å²) in [5.41, 5.74) is 14.4. The van der Waals surface area contributed by atoms with Crippen molar-refractivity contribution in [1.82, 2.24) is 0 Å². The molecule has 54 heavy (non-hydrogen) atoms. The highest BCUT2D eigenvalue weighted by Crippen LogP contribution is 2.44. The van der Waals surface area contributed by atoms with Crippen LogP contribution in [0.5, 0.6) is 0 Å². The highest BCUT2D eigenvalue weighted by Gasteiger charge is 2.20. The summed E-state index contributed by atoms with van der Waals surface area (Å²) in [6, 6.07) is 75.7. The fraction of sp³-hybridized carbons (Fsp3) is 0. The summed E-state index contributed by atoms with van der Waals surface area (Å²) >= 11 is 0. The van der Waals surface area contributed by atoms with Gasteiger partial charge in [-0.15, -0.1) is 0 Å². The average molecular weight is 690 g/mol. The number of furan rings is 1. The fourth-order valence-corrected chi connectivity index (χ4v) is 7.80. The van der Waals surface area contributed by atoms with Crippen LogP contribution in [0.2, 0.25) is 0 Å². The molecular weight excluding hydrogens is 655 g/mol. The predicted molar refractivity (Wildman–Crippen MR) is 228 cm³/mol. The maximum Gasteiger partial charge on any atom is 0.143 e. The lowest BCUT2D eigenvalue weighted by Gasteiger charge is -2.26. The van der Waals surface area contributed by atoms with Crippen LogP contribution in [0.4, 0.5) is 17.1 Å². The van der Waals surface area contributed by atoms with E-state index < -0.39 is 0 Å². The largest absolute Gasteiger partial charge is 0.455 e. The van der Waals surface area contributed by atoms with Crippen LogP contribution in [0.3, 0.4) is 0 Å². The molecule has 0 aliphatic rings. The monoisotopic (exact) mass is 689 g/mol. The first-order valence-electron chi connectivity index (χ1n) is 18.4. The Hall–Kier alpha value is -7.16. The molecule has 1 aromatic heterocycles. The Kier molecular flexibility index (Phi) is 7.85. The molecule has 254 valence electrons. The van der Waals surface area contributed by atoms with Gasteiger partial charge in [0.05, 0.1) is 0 Å². The van der Waals surface area contributed by atoms with Crippen molar-refractivity contribution in [2.24, 2.45) is 0 Å². The quantitative estimate of drug-likeness (QED) is 0.166. The van der Waals surface area contributed by atoms with Crippen LogP contribution in [-0.4, -0.2) is 0 Å². The minimum atomic E-state index is 0.910. The van der Waals surface area contributed by atoms with Crippen LogP contribution in [0.1, 0.15) is 0 Å². The number of hydrogen-bond donors (Lipinski definition) is 0. The van der Waals surface area contributed by atoms with Crippen LogP contribution in [0.25, 0.3) is 77.2 Å². The Morgan fingerprint density at radius 3 is 1.26 bits per heavy atom. The molecule has 0 fully saturated rings. The zero-order valence-electron chi connectivity index (χ0n) is 29.6. The number of nitrogens with zero attached hydrogens (tertiary/aromatic N) is 1. The van der Waals surface area contributed by atoms with E-state index in [0.717, 1.165) is 66.6 Å². The van der Waals surface area contributed by atoms with E-state index in [1.165, 1.54) is 27.6 Å². The van der Waals surface area contributed by atoms with Gasteiger partial charge >= 0.3 is 0 Å². The molecule has 10 aromatic rings. The Balaban J connectivity index is 1.10. The summed E-state index contributed by atoms with van der Waals surface area (Å²) in [4.78, 5) is 2.33. The molecule has 1 heterocycles. The van der Waals surface area contributed by atoms with Gasteiger partial charge in [0.15, 0.2) is 0 Å². The van der Waals surface area contributed by atoms with Crippen molar-refractivity contribution in [3.63, 3.8) is 0 Å². The molecule has 2 heteroatoms. The van der Waals surface area contributed by atoms with Crippen molar-refractivity contribution < 1.29 is 4.42 Å². The summed E-state index contributed by atoms with van der Waals surface area (Å²) in [5.74, 6) is 0. The van der Waals surface area contributed by atoms with E-state index in [1.807, 2.05) is 0 Å². The van der Waals surface area contributed by atoms with Gasteiger partial charge in [-0.3, -0.25) is 0 Å². The molecule has 0 spiro atoms. The molecule has 0 saturated carbocycles. The number of rotatable bonds is 7. The van der Waals surface area contributed by atoms with Gasteiger partial charge in [0, 0.05) is 38.8 Å². The third kappa shape index (κ3) is 5.62. The van der Waals surface area contributed by atoms with Crippen molar-refractivity contribution in [2.45, 2.75) is 0 Å². The van der Waals surface area contributed by atoms with Gasteiger partial charge in [-0.1, -0.05) is 164 Å². The SMILES string of the molecule is c1ccc(-c2ccc(N(c3ccc(-c4ccccc4)cc3)c3ccc(-c4ccc(-c5ccccc5)c5oc6c7ccccc7ccc6c45)cc3)cc2)cc1. The number of benzene rings is 9. The molecule has 0 aliphatic carbocycles. The first kappa shape index (κ1) is 31.6. The highest BCUT2D eigenvalue weighted by molar-refractivity contribution is 6.21. The topological polar surface area (TPSA) is 16.4 Å². The molecule has 2 nitrogen and oxygen atoms in total. The Labute approximate surface area is 314 Å². The minimum absolute atomic E-state index is 0.910. The minimum Gasteiger partial charge on any atom is -0.455 e. The molecule has 0 amide bonds. The first-order valence-corrected chi connectivity index (χ1v) is 18.4. The highest BCUT2D eigenvalue weighted by atomic mass is 16.3. The van der Waals surface area contributed by atoms with E-state index in [4.69, 9.17) is 4.42 Å². The van der Waals surface area contributed by atoms with Crippen molar-refractivity contribution in [3.8, 4) is 44.5 Å². The smallest absolute Gasteiger partial charge is 0.143 e. The summed E-state index contributed by atoms with van der Waals surface area (Å²) in [6.07, 6.45) is 0. The lowest BCUT2D eigenvalue weighted by atomic mass is 9.94. The molecule has 0 aliphatic heterocycles. The molecule has 0 unspecified atom stereocenters. The van der Waals surface area contributed by atoms with E-state index in [2.05, 4.69) is 217 Å².